The number of phenolic OH excluding ortho intramolecular Hbond substituents is 1. The first-order chi connectivity index (χ1) is 9.15. The van der Waals surface area contributed by atoms with Crippen molar-refractivity contribution < 1.29 is 14.6 Å². The van der Waals surface area contributed by atoms with Gasteiger partial charge in [-0.2, -0.15) is 0 Å². The summed E-state index contributed by atoms with van der Waals surface area (Å²) < 4.78 is 5.34. The van der Waals surface area contributed by atoms with E-state index in [-0.39, 0.29) is 18.3 Å². The van der Waals surface area contributed by atoms with Gasteiger partial charge in [0.05, 0.1) is 5.69 Å². The summed E-state index contributed by atoms with van der Waals surface area (Å²) in [6.07, 6.45) is 0. The summed E-state index contributed by atoms with van der Waals surface area (Å²) in [5.41, 5.74) is 1.51. The van der Waals surface area contributed by atoms with Crippen molar-refractivity contribution in [1.82, 2.24) is 0 Å². The molecule has 0 fully saturated rings. The maximum Gasteiger partial charge on any atom is 0.262 e. The summed E-state index contributed by atoms with van der Waals surface area (Å²) in [6.45, 7) is 1.88. The smallest absolute Gasteiger partial charge is 0.262 e. The number of rotatable bonds is 4. The third-order valence-electron chi connectivity index (χ3n) is 2.57. The van der Waals surface area contributed by atoms with Gasteiger partial charge in [-0.3, -0.25) is 4.79 Å². The van der Waals surface area contributed by atoms with Crippen molar-refractivity contribution in [2.24, 2.45) is 0 Å². The minimum atomic E-state index is -0.318. The Morgan fingerprint density at radius 1 is 1.16 bits per heavy atom. The number of ether oxygens (including phenoxy) is 1. The summed E-state index contributed by atoms with van der Waals surface area (Å²) in [7, 11) is 0. The summed E-state index contributed by atoms with van der Waals surface area (Å²) in [5.74, 6) is 0.353. The predicted molar refractivity (Wildman–Crippen MR) is 73.4 cm³/mol. The maximum atomic E-state index is 11.7. The number of nitrogens with one attached hydrogen (secondary N) is 1. The molecule has 19 heavy (non-hydrogen) atoms. The number of carbonyl (C=O) groups is 1. The molecule has 98 valence electrons. The second-order valence-electron chi connectivity index (χ2n) is 4.17. The highest BCUT2D eigenvalue weighted by atomic mass is 16.5. The SMILES string of the molecule is Cc1ccc(OCC(=O)Nc2ccccc2O)cc1. The van der Waals surface area contributed by atoms with Crippen molar-refractivity contribution in [1.29, 1.82) is 0 Å². The number of carbonyl (C=O) groups excluding carboxylic acids is 1. The Hall–Kier alpha value is -2.49. The third kappa shape index (κ3) is 3.74. The average molecular weight is 257 g/mol. The lowest BCUT2D eigenvalue weighted by molar-refractivity contribution is -0.118. The zero-order valence-corrected chi connectivity index (χ0v) is 10.6. The van der Waals surface area contributed by atoms with E-state index >= 15 is 0 Å². The Morgan fingerprint density at radius 3 is 2.53 bits per heavy atom. The molecule has 2 aromatic rings. The molecule has 2 rings (SSSR count). The van der Waals surface area contributed by atoms with E-state index in [1.54, 1.807) is 18.2 Å². The number of phenols is 1. The molecule has 2 aromatic carbocycles. The van der Waals surface area contributed by atoms with Crippen LogP contribution >= 0.6 is 0 Å². The Labute approximate surface area is 111 Å². The standard InChI is InChI=1S/C15H15NO3/c1-11-6-8-12(9-7-11)19-10-15(18)16-13-4-2-3-5-14(13)17/h2-9,17H,10H2,1H3,(H,16,18). The molecule has 4 nitrogen and oxygen atoms in total. The molecule has 0 saturated carbocycles. The van der Waals surface area contributed by atoms with E-state index < -0.39 is 0 Å². The van der Waals surface area contributed by atoms with Gasteiger partial charge in [-0.1, -0.05) is 29.8 Å². The zero-order chi connectivity index (χ0) is 13.7. The Balaban J connectivity index is 1.88. The molecule has 0 spiro atoms. The first-order valence-corrected chi connectivity index (χ1v) is 5.92. The van der Waals surface area contributed by atoms with Crippen molar-refractivity contribution in [2.45, 2.75) is 6.92 Å². The van der Waals surface area contributed by atoms with Gasteiger partial charge >= 0.3 is 0 Å². The fraction of sp³-hybridized carbons (Fsp3) is 0.133. The lowest BCUT2D eigenvalue weighted by Crippen LogP contribution is -2.20. The van der Waals surface area contributed by atoms with E-state index in [1.807, 2.05) is 31.2 Å². The Kier molecular flexibility index (Phi) is 4.03. The molecule has 0 saturated heterocycles. The summed E-state index contributed by atoms with van der Waals surface area (Å²) in [5, 5.41) is 12.1. The van der Waals surface area contributed by atoms with Gasteiger partial charge in [0.2, 0.25) is 0 Å². The average Bonchev–Trinajstić information content (AvgIpc) is 2.41. The molecule has 0 unspecified atom stereocenters. The summed E-state index contributed by atoms with van der Waals surface area (Å²) in [6, 6.07) is 14.0. The van der Waals surface area contributed by atoms with E-state index in [0.717, 1.165) is 5.56 Å². The van der Waals surface area contributed by atoms with E-state index in [0.29, 0.717) is 11.4 Å². The minimum Gasteiger partial charge on any atom is -0.506 e. The molecule has 0 atom stereocenters. The number of hydrogen-bond acceptors (Lipinski definition) is 3. The van der Waals surface area contributed by atoms with E-state index in [1.165, 1.54) is 6.07 Å². The highest BCUT2D eigenvalue weighted by molar-refractivity contribution is 5.93. The quantitative estimate of drug-likeness (QED) is 0.828. The lowest BCUT2D eigenvalue weighted by Gasteiger charge is -2.08. The van der Waals surface area contributed by atoms with Crippen LogP contribution in [0.2, 0.25) is 0 Å². The lowest BCUT2D eigenvalue weighted by atomic mass is 10.2. The molecule has 0 aromatic heterocycles. The van der Waals surface area contributed by atoms with E-state index in [4.69, 9.17) is 4.74 Å². The van der Waals surface area contributed by atoms with E-state index in [2.05, 4.69) is 5.32 Å². The predicted octanol–water partition coefficient (Wildman–Crippen LogP) is 2.72. The molecular formula is C15H15NO3. The summed E-state index contributed by atoms with van der Waals surface area (Å²) in [4.78, 5) is 11.7. The van der Waals surface area contributed by atoms with Crippen LogP contribution in [0.15, 0.2) is 48.5 Å². The highest BCUT2D eigenvalue weighted by Crippen LogP contribution is 2.21. The molecule has 2 N–H and O–H groups in total. The van der Waals surface area contributed by atoms with Crippen LogP contribution in [-0.2, 0) is 4.79 Å². The molecule has 0 bridgehead atoms. The van der Waals surface area contributed by atoms with Crippen molar-refractivity contribution in [2.75, 3.05) is 11.9 Å². The van der Waals surface area contributed by atoms with Gasteiger partial charge in [0.25, 0.3) is 5.91 Å². The molecular weight excluding hydrogens is 242 g/mol. The van der Waals surface area contributed by atoms with Crippen LogP contribution in [0.1, 0.15) is 5.56 Å². The normalized spacial score (nSPS) is 9.95. The summed E-state index contributed by atoms with van der Waals surface area (Å²) >= 11 is 0. The number of hydrogen-bond donors (Lipinski definition) is 2. The fourth-order valence-corrected chi connectivity index (χ4v) is 1.55. The first kappa shape index (κ1) is 13.0. The molecule has 0 heterocycles. The van der Waals surface area contributed by atoms with Gasteiger partial charge in [0.15, 0.2) is 6.61 Å². The van der Waals surface area contributed by atoms with Crippen molar-refractivity contribution in [3.8, 4) is 11.5 Å². The molecule has 0 aliphatic carbocycles. The van der Waals surface area contributed by atoms with Gasteiger partial charge in [-0.25, -0.2) is 0 Å². The van der Waals surface area contributed by atoms with Gasteiger partial charge in [-0.15, -0.1) is 0 Å². The number of aryl methyl sites for hydroxylation is 1. The molecule has 0 aliphatic rings. The minimum absolute atomic E-state index is 0.0335. The molecule has 4 heteroatoms. The van der Waals surface area contributed by atoms with Gasteiger partial charge in [0.1, 0.15) is 11.5 Å². The van der Waals surface area contributed by atoms with Crippen LogP contribution in [0.3, 0.4) is 0 Å². The van der Waals surface area contributed by atoms with Gasteiger partial charge in [0, 0.05) is 0 Å². The zero-order valence-electron chi connectivity index (χ0n) is 10.6. The number of anilines is 1. The van der Waals surface area contributed by atoms with Crippen molar-refractivity contribution in [3.05, 3.63) is 54.1 Å². The van der Waals surface area contributed by atoms with Gasteiger partial charge < -0.3 is 15.2 Å². The second-order valence-corrected chi connectivity index (χ2v) is 4.17. The molecule has 0 aliphatic heterocycles. The topological polar surface area (TPSA) is 58.6 Å². The van der Waals surface area contributed by atoms with Crippen LogP contribution in [0.5, 0.6) is 11.5 Å². The van der Waals surface area contributed by atoms with Crippen LogP contribution in [0.4, 0.5) is 5.69 Å². The second kappa shape index (κ2) is 5.91. The number of aromatic hydroxyl groups is 1. The van der Waals surface area contributed by atoms with Gasteiger partial charge in [-0.05, 0) is 31.2 Å². The Bertz CT molecular complexity index is 564. The number of benzene rings is 2. The van der Waals surface area contributed by atoms with E-state index in [9.17, 15) is 9.90 Å². The maximum absolute atomic E-state index is 11.7. The van der Waals surface area contributed by atoms with Crippen LogP contribution < -0.4 is 10.1 Å². The molecule has 0 radical (unpaired) electrons. The van der Waals surface area contributed by atoms with Crippen LogP contribution in [-0.4, -0.2) is 17.6 Å². The van der Waals surface area contributed by atoms with Crippen LogP contribution in [0.25, 0.3) is 0 Å². The van der Waals surface area contributed by atoms with Crippen LogP contribution in [0, 0.1) is 6.92 Å². The van der Waals surface area contributed by atoms with Crippen molar-refractivity contribution in [3.63, 3.8) is 0 Å². The number of para-hydroxylation sites is 2. The first-order valence-electron chi connectivity index (χ1n) is 5.92. The Morgan fingerprint density at radius 2 is 1.84 bits per heavy atom. The molecule has 1 amide bonds. The highest BCUT2D eigenvalue weighted by Gasteiger charge is 2.06. The fourth-order valence-electron chi connectivity index (χ4n) is 1.55. The van der Waals surface area contributed by atoms with Crippen molar-refractivity contribution >= 4 is 11.6 Å². The monoisotopic (exact) mass is 257 g/mol. The third-order valence-corrected chi connectivity index (χ3v) is 2.57. The number of amides is 1. The largest absolute Gasteiger partial charge is 0.506 e.